The van der Waals surface area contributed by atoms with Gasteiger partial charge in [-0.2, -0.15) is 0 Å². The van der Waals surface area contributed by atoms with Gasteiger partial charge in [0.1, 0.15) is 5.75 Å². The summed E-state index contributed by atoms with van der Waals surface area (Å²) in [7, 11) is 3.01. The summed E-state index contributed by atoms with van der Waals surface area (Å²) in [6, 6.07) is 6.61. The summed E-state index contributed by atoms with van der Waals surface area (Å²) in [5.74, 6) is 6.66. The first-order chi connectivity index (χ1) is 11.0. The van der Waals surface area contributed by atoms with Crippen molar-refractivity contribution in [3.8, 4) is 17.1 Å². The van der Waals surface area contributed by atoms with Crippen molar-refractivity contribution in [2.24, 2.45) is 0 Å². The Morgan fingerprint density at radius 1 is 1.30 bits per heavy atom. The van der Waals surface area contributed by atoms with E-state index >= 15 is 0 Å². The second-order valence-electron chi connectivity index (χ2n) is 4.32. The fraction of sp³-hybridized carbons (Fsp3) is 0.231. The van der Waals surface area contributed by atoms with E-state index in [1.54, 1.807) is 31.4 Å². The predicted molar refractivity (Wildman–Crippen MR) is 85.5 cm³/mol. The molecule has 10 heteroatoms. The minimum absolute atomic E-state index is 0.00857. The van der Waals surface area contributed by atoms with Crippen LogP contribution >= 0.6 is 11.8 Å². The summed E-state index contributed by atoms with van der Waals surface area (Å²) in [5, 5.41) is 12.8. The number of nitrogens with two attached hydrogens (primary N) is 1. The van der Waals surface area contributed by atoms with Crippen LogP contribution < -0.4 is 21.2 Å². The molecule has 4 N–H and O–H groups in total. The number of nitrogen functional groups attached to an aromatic ring is 1. The molecule has 0 unspecified atom stereocenters. The lowest BCUT2D eigenvalue weighted by Crippen LogP contribution is -2.38. The number of methoxy groups -OCH3 is 1. The number of carbonyl (C=O) groups excluding carboxylic acids is 2. The third kappa shape index (κ3) is 4.13. The third-order valence-corrected chi connectivity index (χ3v) is 3.77. The number of nitrogens with zero attached hydrogens (tertiary/aromatic N) is 3. The number of hydrogen-bond acceptors (Lipinski definition) is 7. The molecule has 0 fully saturated rings. The van der Waals surface area contributed by atoms with Crippen molar-refractivity contribution < 1.29 is 14.3 Å². The van der Waals surface area contributed by atoms with Crippen LogP contribution in [0.25, 0.3) is 11.4 Å². The van der Waals surface area contributed by atoms with E-state index < -0.39 is 11.9 Å². The van der Waals surface area contributed by atoms with Gasteiger partial charge in [-0.25, -0.2) is 9.47 Å². The number of benzene rings is 1. The number of urea groups is 1. The first kappa shape index (κ1) is 16.6. The minimum Gasteiger partial charge on any atom is -0.497 e. The van der Waals surface area contributed by atoms with Gasteiger partial charge in [0.15, 0.2) is 5.82 Å². The van der Waals surface area contributed by atoms with Gasteiger partial charge in [-0.05, 0) is 24.3 Å². The maximum Gasteiger partial charge on any atom is 0.321 e. The van der Waals surface area contributed by atoms with E-state index in [0.29, 0.717) is 11.0 Å². The van der Waals surface area contributed by atoms with Gasteiger partial charge in [0.25, 0.3) is 0 Å². The van der Waals surface area contributed by atoms with Crippen LogP contribution in [-0.4, -0.2) is 46.7 Å². The molecule has 0 bridgehead atoms. The summed E-state index contributed by atoms with van der Waals surface area (Å²) in [4.78, 5) is 22.6. The van der Waals surface area contributed by atoms with Gasteiger partial charge in [-0.3, -0.25) is 10.1 Å². The van der Waals surface area contributed by atoms with Gasteiger partial charge in [0.2, 0.25) is 11.1 Å². The SMILES string of the molecule is CNC(=O)NC(=O)CSc1nnc(-c2ccc(OC)cc2)n1N. The number of imide groups is 1. The summed E-state index contributed by atoms with van der Waals surface area (Å²) >= 11 is 1.08. The maximum atomic E-state index is 11.5. The molecule has 1 aromatic heterocycles. The van der Waals surface area contributed by atoms with E-state index in [1.807, 2.05) is 0 Å². The van der Waals surface area contributed by atoms with Gasteiger partial charge < -0.3 is 15.9 Å². The van der Waals surface area contributed by atoms with Crippen LogP contribution in [0.5, 0.6) is 5.75 Å². The fourth-order valence-corrected chi connectivity index (χ4v) is 2.32. The first-order valence-corrected chi connectivity index (χ1v) is 7.53. The van der Waals surface area contributed by atoms with Crippen molar-refractivity contribution in [3.05, 3.63) is 24.3 Å². The van der Waals surface area contributed by atoms with E-state index in [-0.39, 0.29) is 5.75 Å². The van der Waals surface area contributed by atoms with Gasteiger partial charge in [0, 0.05) is 12.6 Å². The highest BCUT2D eigenvalue weighted by atomic mass is 32.2. The standard InChI is InChI=1S/C13H16N6O3S/c1-15-12(21)16-10(20)7-23-13-18-17-11(19(13)14)8-3-5-9(22-2)6-4-8/h3-6H,7,14H2,1-2H3,(H2,15,16,20,21). The molecular weight excluding hydrogens is 320 g/mol. The minimum atomic E-state index is -0.566. The molecule has 0 aliphatic heterocycles. The summed E-state index contributed by atoms with van der Waals surface area (Å²) < 4.78 is 6.38. The smallest absolute Gasteiger partial charge is 0.321 e. The first-order valence-electron chi connectivity index (χ1n) is 6.54. The molecule has 122 valence electrons. The lowest BCUT2D eigenvalue weighted by molar-refractivity contribution is -0.117. The summed E-state index contributed by atoms with van der Waals surface area (Å²) in [6.45, 7) is 0. The summed E-state index contributed by atoms with van der Waals surface area (Å²) in [5.41, 5.74) is 0.766. The molecule has 1 heterocycles. The Kier molecular flexibility index (Phi) is 5.41. The molecule has 0 aliphatic rings. The molecule has 1 aromatic carbocycles. The Labute approximate surface area is 136 Å². The van der Waals surface area contributed by atoms with Crippen LogP contribution in [0, 0.1) is 0 Å². The number of hydrogen-bond donors (Lipinski definition) is 3. The number of ether oxygens (including phenoxy) is 1. The number of aromatic nitrogens is 3. The largest absolute Gasteiger partial charge is 0.497 e. The Balaban J connectivity index is 2.04. The quantitative estimate of drug-likeness (QED) is 0.527. The van der Waals surface area contributed by atoms with Crippen molar-refractivity contribution in [2.45, 2.75) is 5.16 Å². The zero-order valence-corrected chi connectivity index (χ0v) is 13.4. The van der Waals surface area contributed by atoms with Crippen molar-refractivity contribution in [1.82, 2.24) is 25.5 Å². The van der Waals surface area contributed by atoms with Crippen molar-refractivity contribution in [3.63, 3.8) is 0 Å². The van der Waals surface area contributed by atoms with Crippen LogP contribution in [0.15, 0.2) is 29.4 Å². The lowest BCUT2D eigenvalue weighted by atomic mass is 10.2. The summed E-state index contributed by atoms with van der Waals surface area (Å²) in [6.07, 6.45) is 0. The van der Waals surface area contributed by atoms with E-state index in [4.69, 9.17) is 10.6 Å². The van der Waals surface area contributed by atoms with Gasteiger partial charge in [-0.15, -0.1) is 10.2 Å². The molecule has 2 rings (SSSR count). The average molecular weight is 336 g/mol. The van der Waals surface area contributed by atoms with Crippen molar-refractivity contribution in [2.75, 3.05) is 25.8 Å². The van der Waals surface area contributed by atoms with Crippen LogP contribution in [0.3, 0.4) is 0 Å². The third-order valence-electron chi connectivity index (χ3n) is 2.83. The van der Waals surface area contributed by atoms with Crippen molar-refractivity contribution in [1.29, 1.82) is 0 Å². The highest BCUT2D eigenvalue weighted by Crippen LogP contribution is 2.23. The normalized spacial score (nSPS) is 10.2. The fourth-order valence-electron chi connectivity index (χ4n) is 1.67. The number of thioether (sulfide) groups is 1. The van der Waals surface area contributed by atoms with Gasteiger partial charge in [-0.1, -0.05) is 11.8 Å². The van der Waals surface area contributed by atoms with Gasteiger partial charge in [0.05, 0.1) is 12.9 Å². The number of nitrogens with one attached hydrogen (secondary N) is 2. The number of carbonyl (C=O) groups is 2. The zero-order valence-electron chi connectivity index (χ0n) is 12.6. The van der Waals surface area contributed by atoms with E-state index in [9.17, 15) is 9.59 Å². The van der Waals surface area contributed by atoms with Crippen LogP contribution in [-0.2, 0) is 4.79 Å². The molecule has 0 spiro atoms. The molecule has 0 radical (unpaired) electrons. The lowest BCUT2D eigenvalue weighted by Gasteiger charge is -2.05. The van der Waals surface area contributed by atoms with E-state index in [1.165, 1.54) is 11.7 Å². The van der Waals surface area contributed by atoms with Crippen LogP contribution in [0.1, 0.15) is 0 Å². The van der Waals surface area contributed by atoms with Gasteiger partial charge >= 0.3 is 6.03 Å². The predicted octanol–water partition coefficient (Wildman–Crippen LogP) is 0.215. The van der Waals surface area contributed by atoms with Crippen LogP contribution in [0.2, 0.25) is 0 Å². The Bertz CT molecular complexity index is 700. The number of rotatable bonds is 5. The monoisotopic (exact) mass is 336 g/mol. The topological polar surface area (TPSA) is 124 Å². The van der Waals surface area contributed by atoms with E-state index in [0.717, 1.165) is 23.1 Å². The second-order valence-corrected chi connectivity index (χ2v) is 5.26. The van der Waals surface area contributed by atoms with Crippen LogP contribution in [0.4, 0.5) is 4.79 Å². The molecule has 9 nitrogen and oxygen atoms in total. The molecule has 23 heavy (non-hydrogen) atoms. The Morgan fingerprint density at radius 3 is 2.61 bits per heavy atom. The molecule has 0 saturated heterocycles. The molecule has 0 atom stereocenters. The maximum absolute atomic E-state index is 11.5. The molecule has 0 aliphatic carbocycles. The average Bonchev–Trinajstić information content (AvgIpc) is 2.93. The van der Waals surface area contributed by atoms with E-state index in [2.05, 4.69) is 20.8 Å². The molecule has 3 amide bonds. The van der Waals surface area contributed by atoms with Crippen molar-refractivity contribution >= 4 is 23.7 Å². The highest BCUT2D eigenvalue weighted by molar-refractivity contribution is 7.99. The number of amides is 3. The zero-order chi connectivity index (χ0) is 16.8. The molecule has 0 saturated carbocycles. The molecule has 2 aromatic rings. The Morgan fingerprint density at radius 2 is 2.00 bits per heavy atom. The Hall–Kier alpha value is -2.75. The second kappa shape index (κ2) is 7.49. The highest BCUT2D eigenvalue weighted by Gasteiger charge is 2.14. The molecular formula is C13H16N6O3S.